The van der Waals surface area contributed by atoms with E-state index in [9.17, 15) is 4.79 Å². The number of esters is 1. The number of rotatable bonds is 10. The fourth-order valence-electron chi connectivity index (χ4n) is 6.43. The van der Waals surface area contributed by atoms with Crippen LogP contribution in [-0.4, -0.2) is 37.9 Å². The summed E-state index contributed by atoms with van der Waals surface area (Å²) >= 11 is 0. The summed E-state index contributed by atoms with van der Waals surface area (Å²) in [4.78, 5) is 20.8. The Morgan fingerprint density at radius 1 is 0.761 bits per heavy atom. The lowest BCUT2D eigenvalue weighted by Crippen LogP contribution is -2.44. The van der Waals surface area contributed by atoms with Crippen LogP contribution in [0.3, 0.4) is 0 Å². The SMILES string of the molecule is CCN(CC)c1ccc(C(=C2C=CC(=NCCOC(=O)C(C)(CC(C)(C)C)C(C)(C)C)c3ccccc32)c2ccc(C)cc2)cc1. The van der Waals surface area contributed by atoms with Gasteiger partial charge in [-0.25, -0.2) is 0 Å². The molecule has 4 heteroatoms. The van der Waals surface area contributed by atoms with Crippen molar-refractivity contribution in [3.05, 3.63) is 113 Å². The minimum absolute atomic E-state index is 0.00788. The maximum atomic E-state index is 13.4. The van der Waals surface area contributed by atoms with Crippen LogP contribution < -0.4 is 4.90 Å². The second-order valence-corrected chi connectivity index (χ2v) is 15.0. The lowest BCUT2D eigenvalue weighted by atomic mass is 9.61. The first-order valence-corrected chi connectivity index (χ1v) is 16.8. The number of nitrogens with zero attached hydrogens (tertiary/aromatic N) is 2. The Hall–Kier alpha value is -3.92. The van der Waals surface area contributed by atoms with Crippen molar-refractivity contribution in [1.29, 1.82) is 0 Å². The van der Waals surface area contributed by atoms with Crippen LogP contribution >= 0.6 is 0 Å². The summed E-state index contributed by atoms with van der Waals surface area (Å²) in [6.45, 7) is 24.1. The molecule has 0 radical (unpaired) electrons. The van der Waals surface area contributed by atoms with E-state index < -0.39 is 5.41 Å². The highest BCUT2D eigenvalue weighted by Crippen LogP contribution is 2.47. The topological polar surface area (TPSA) is 41.9 Å². The first-order chi connectivity index (χ1) is 21.7. The molecule has 3 aromatic carbocycles. The van der Waals surface area contributed by atoms with Gasteiger partial charge in [-0.1, -0.05) is 114 Å². The summed E-state index contributed by atoms with van der Waals surface area (Å²) in [6.07, 6.45) is 5.06. The van der Waals surface area contributed by atoms with Gasteiger partial charge in [0.15, 0.2) is 0 Å². The number of hydrogen-bond acceptors (Lipinski definition) is 4. The van der Waals surface area contributed by atoms with E-state index in [0.717, 1.165) is 36.3 Å². The highest BCUT2D eigenvalue weighted by molar-refractivity contribution is 6.19. The Kier molecular flexibility index (Phi) is 10.8. The summed E-state index contributed by atoms with van der Waals surface area (Å²) in [5, 5.41) is 0. The minimum atomic E-state index is -0.592. The highest BCUT2D eigenvalue weighted by atomic mass is 16.5. The van der Waals surface area contributed by atoms with Gasteiger partial charge in [0.05, 0.1) is 17.7 Å². The first-order valence-electron chi connectivity index (χ1n) is 16.8. The Morgan fingerprint density at radius 2 is 1.33 bits per heavy atom. The molecular formula is C42H54N2O2. The van der Waals surface area contributed by atoms with Gasteiger partial charge in [-0.05, 0) is 91.0 Å². The fraction of sp³-hybridized carbons (Fsp3) is 0.429. The average Bonchev–Trinajstić information content (AvgIpc) is 3.00. The van der Waals surface area contributed by atoms with Crippen LogP contribution in [0.15, 0.2) is 89.9 Å². The van der Waals surface area contributed by atoms with E-state index in [1.54, 1.807) is 0 Å². The molecule has 0 aromatic heterocycles. The molecule has 0 saturated heterocycles. The zero-order valence-electron chi connectivity index (χ0n) is 29.8. The Labute approximate surface area is 278 Å². The van der Waals surface area contributed by atoms with E-state index in [2.05, 4.69) is 152 Å². The summed E-state index contributed by atoms with van der Waals surface area (Å²) in [6, 6.07) is 26.2. The largest absolute Gasteiger partial charge is 0.463 e. The maximum Gasteiger partial charge on any atom is 0.312 e. The predicted octanol–water partition coefficient (Wildman–Crippen LogP) is 10.2. The van der Waals surface area contributed by atoms with Gasteiger partial charge in [0.2, 0.25) is 0 Å². The smallest absolute Gasteiger partial charge is 0.312 e. The molecule has 1 aliphatic rings. The lowest BCUT2D eigenvalue weighted by Gasteiger charge is -2.43. The number of aryl methyl sites for hydroxylation is 1. The van der Waals surface area contributed by atoms with Gasteiger partial charge in [0.25, 0.3) is 0 Å². The lowest BCUT2D eigenvalue weighted by molar-refractivity contribution is -0.164. The third-order valence-corrected chi connectivity index (χ3v) is 9.39. The fourth-order valence-corrected chi connectivity index (χ4v) is 6.43. The zero-order valence-corrected chi connectivity index (χ0v) is 29.8. The van der Waals surface area contributed by atoms with E-state index in [4.69, 9.17) is 9.73 Å². The molecule has 4 nitrogen and oxygen atoms in total. The third kappa shape index (κ3) is 7.89. The van der Waals surface area contributed by atoms with E-state index in [0.29, 0.717) is 6.54 Å². The molecule has 3 aromatic rings. The number of benzene rings is 3. The number of anilines is 1. The molecule has 0 heterocycles. The van der Waals surface area contributed by atoms with Crippen LogP contribution in [0.5, 0.6) is 0 Å². The summed E-state index contributed by atoms with van der Waals surface area (Å²) < 4.78 is 5.90. The number of aliphatic imine (C=N–C) groups is 1. The number of carbonyl (C=O) groups is 1. The van der Waals surface area contributed by atoms with Crippen molar-refractivity contribution >= 4 is 28.5 Å². The van der Waals surface area contributed by atoms with Crippen molar-refractivity contribution in [2.45, 2.75) is 75.7 Å². The van der Waals surface area contributed by atoms with Crippen molar-refractivity contribution in [2.24, 2.45) is 21.2 Å². The predicted molar refractivity (Wildman–Crippen MR) is 197 cm³/mol. The summed E-state index contributed by atoms with van der Waals surface area (Å²) in [5.41, 5.74) is 9.53. The molecule has 0 fully saturated rings. The molecule has 0 N–H and O–H groups in total. The number of hydrogen-bond donors (Lipinski definition) is 0. The van der Waals surface area contributed by atoms with Gasteiger partial charge >= 0.3 is 5.97 Å². The van der Waals surface area contributed by atoms with Crippen LogP contribution in [0.4, 0.5) is 5.69 Å². The number of allylic oxidation sites excluding steroid dienone is 3. The van der Waals surface area contributed by atoms with Gasteiger partial charge in [-0.3, -0.25) is 9.79 Å². The Bertz CT molecular complexity index is 1590. The van der Waals surface area contributed by atoms with E-state index >= 15 is 0 Å². The Balaban J connectivity index is 1.67. The molecular weight excluding hydrogens is 564 g/mol. The molecule has 0 aliphatic heterocycles. The number of fused-ring (bicyclic) bond motifs is 1. The quantitative estimate of drug-likeness (QED) is 0.168. The van der Waals surface area contributed by atoms with Gasteiger partial charge in [-0.15, -0.1) is 0 Å². The molecule has 46 heavy (non-hydrogen) atoms. The number of ether oxygens (including phenoxy) is 1. The molecule has 0 bridgehead atoms. The molecule has 1 aliphatic carbocycles. The van der Waals surface area contributed by atoms with Gasteiger partial charge in [0.1, 0.15) is 6.61 Å². The van der Waals surface area contributed by atoms with Crippen molar-refractivity contribution < 1.29 is 9.53 Å². The average molecular weight is 619 g/mol. The van der Waals surface area contributed by atoms with Crippen molar-refractivity contribution in [3.63, 3.8) is 0 Å². The minimum Gasteiger partial charge on any atom is -0.463 e. The van der Waals surface area contributed by atoms with Crippen molar-refractivity contribution in [3.8, 4) is 0 Å². The van der Waals surface area contributed by atoms with Crippen molar-refractivity contribution in [2.75, 3.05) is 31.1 Å². The highest BCUT2D eigenvalue weighted by Gasteiger charge is 2.47. The van der Waals surface area contributed by atoms with Crippen LogP contribution in [0, 0.1) is 23.2 Å². The molecule has 0 amide bonds. The first kappa shape index (κ1) is 34.9. The van der Waals surface area contributed by atoms with Gasteiger partial charge in [0, 0.05) is 24.3 Å². The summed E-state index contributed by atoms with van der Waals surface area (Å²) in [5.74, 6) is -0.144. The number of carbonyl (C=O) groups excluding carboxylic acids is 1. The molecule has 0 spiro atoms. The molecule has 244 valence electrons. The van der Waals surface area contributed by atoms with Crippen LogP contribution in [-0.2, 0) is 9.53 Å². The molecule has 1 unspecified atom stereocenters. The zero-order chi connectivity index (χ0) is 33.7. The van der Waals surface area contributed by atoms with Crippen LogP contribution in [0.1, 0.15) is 96.6 Å². The maximum absolute atomic E-state index is 13.4. The van der Waals surface area contributed by atoms with E-state index in [1.807, 2.05) is 6.92 Å². The monoisotopic (exact) mass is 618 g/mol. The second-order valence-electron chi connectivity index (χ2n) is 15.0. The van der Waals surface area contributed by atoms with E-state index in [-0.39, 0.29) is 23.4 Å². The van der Waals surface area contributed by atoms with Crippen LogP contribution in [0.2, 0.25) is 0 Å². The summed E-state index contributed by atoms with van der Waals surface area (Å²) in [7, 11) is 0. The molecule has 0 saturated carbocycles. The third-order valence-electron chi connectivity index (χ3n) is 9.39. The van der Waals surface area contributed by atoms with Gasteiger partial charge in [-0.2, -0.15) is 0 Å². The van der Waals surface area contributed by atoms with Gasteiger partial charge < -0.3 is 9.64 Å². The van der Waals surface area contributed by atoms with Crippen LogP contribution in [0.25, 0.3) is 11.1 Å². The molecule has 1 atom stereocenters. The second kappa shape index (κ2) is 14.2. The standard InChI is InChI=1S/C42H54N2O2/c1-11-44(12-2)33-23-21-32(22-24-33)38(31-19-17-30(3)18-20-31)36-25-26-37(35-16-14-13-15-34(35)36)43-27-28-46-39(45)42(10,41(7,8)9)29-40(4,5)6/h13-26H,11-12,27-29H2,1-10H3. The van der Waals surface area contributed by atoms with Crippen molar-refractivity contribution in [1.82, 2.24) is 0 Å². The normalized spacial score (nSPS) is 16.5. The Morgan fingerprint density at radius 3 is 1.87 bits per heavy atom. The molecule has 4 rings (SSSR count). The van der Waals surface area contributed by atoms with E-state index in [1.165, 1.54) is 33.5 Å².